The SMILES string of the molecule is Cc1[nH]nc2c1C1(C(=O)N(CCCCCN3C(=O)C4(C5=C(Nc6n[nH]c(C)c64)c4ccccc4C5=O)c4ccccc43)c3ccccc31)C1=C(N2)c2ccccc2C1=O. The third-order valence-electron chi connectivity index (χ3n) is 13.3. The number of aryl methyl sites for hydroxylation is 2. The highest BCUT2D eigenvalue weighted by molar-refractivity contribution is 6.32. The Kier molecular flexibility index (Phi) is 6.65. The molecule has 0 saturated heterocycles. The van der Waals surface area contributed by atoms with Gasteiger partial charge in [-0.05, 0) is 45.2 Å². The number of nitrogens with zero attached hydrogens (tertiary/aromatic N) is 4. The molecular formula is C47H36N8O4. The Bertz CT molecular complexity index is 2820. The van der Waals surface area contributed by atoms with Crippen LogP contribution in [0.25, 0.3) is 11.4 Å². The first kappa shape index (κ1) is 33.8. The number of amides is 2. The summed E-state index contributed by atoms with van der Waals surface area (Å²) >= 11 is 0. The lowest BCUT2D eigenvalue weighted by molar-refractivity contribution is -0.121. The number of para-hydroxylation sites is 2. The van der Waals surface area contributed by atoms with Crippen LogP contribution in [0.1, 0.15) is 84.7 Å². The molecule has 2 atom stereocenters. The number of aromatic amines is 2. The second-order valence-corrected chi connectivity index (χ2v) is 16.2. The number of rotatable bonds is 6. The number of aromatic nitrogens is 4. The van der Waals surface area contributed by atoms with Gasteiger partial charge in [-0.1, -0.05) is 84.9 Å². The van der Waals surface area contributed by atoms with Crippen LogP contribution in [0.4, 0.5) is 23.0 Å². The van der Waals surface area contributed by atoms with E-state index in [0.717, 1.165) is 45.0 Å². The Hall–Kier alpha value is -7.34. The third-order valence-corrected chi connectivity index (χ3v) is 13.3. The molecule has 4 aromatic carbocycles. The van der Waals surface area contributed by atoms with Crippen molar-refractivity contribution in [2.75, 3.05) is 33.5 Å². The number of H-pyrrole nitrogens is 2. The van der Waals surface area contributed by atoms with Gasteiger partial charge >= 0.3 is 0 Å². The topological polar surface area (TPSA) is 156 Å². The first-order chi connectivity index (χ1) is 28.8. The fourth-order valence-corrected chi connectivity index (χ4v) is 11.0. The Morgan fingerprint density at radius 3 is 1.34 bits per heavy atom. The predicted octanol–water partition coefficient (Wildman–Crippen LogP) is 6.95. The molecule has 6 aromatic rings. The van der Waals surface area contributed by atoms with E-state index >= 15 is 9.59 Å². The second-order valence-electron chi connectivity index (χ2n) is 16.2. The zero-order valence-corrected chi connectivity index (χ0v) is 32.2. The molecule has 4 aliphatic heterocycles. The molecular weight excluding hydrogens is 741 g/mol. The van der Waals surface area contributed by atoms with Gasteiger partial charge in [-0.15, -0.1) is 0 Å². The van der Waals surface area contributed by atoms with Crippen LogP contribution >= 0.6 is 0 Å². The van der Waals surface area contributed by atoms with Crippen LogP contribution < -0.4 is 20.4 Å². The number of carbonyl (C=O) groups is 4. The van der Waals surface area contributed by atoms with E-state index in [1.165, 1.54) is 0 Å². The van der Waals surface area contributed by atoms with Crippen molar-refractivity contribution in [3.63, 3.8) is 0 Å². The first-order valence-corrected chi connectivity index (χ1v) is 20.0. The van der Waals surface area contributed by atoms with E-state index in [1.807, 2.05) is 121 Å². The van der Waals surface area contributed by atoms with Crippen molar-refractivity contribution in [1.82, 2.24) is 20.4 Å². The lowest BCUT2D eigenvalue weighted by Crippen LogP contribution is -2.47. The number of benzene rings is 4. The Morgan fingerprint density at radius 1 is 0.508 bits per heavy atom. The minimum absolute atomic E-state index is 0.162. The Balaban J connectivity index is 0.853. The van der Waals surface area contributed by atoms with Crippen LogP contribution in [0.5, 0.6) is 0 Å². The van der Waals surface area contributed by atoms with Crippen molar-refractivity contribution in [2.45, 2.75) is 43.9 Å². The minimum atomic E-state index is -1.37. The van der Waals surface area contributed by atoms with Gasteiger partial charge in [0.1, 0.15) is 10.8 Å². The van der Waals surface area contributed by atoms with E-state index < -0.39 is 10.8 Å². The smallest absolute Gasteiger partial charge is 0.247 e. The molecule has 59 heavy (non-hydrogen) atoms. The average molecular weight is 777 g/mol. The van der Waals surface area contributed by atoms with Crippen LogP contribution in [0.15, 0.2) is 108 Å². The maximum absolute atomic E-state index is 15.3. The largest absolute Gasteiger partial charge is 0.338 e. The third kappa shape index (κ3) is 3.93. The van der Waals surface area contributed by atoms with Crippen molar-refractivity contribution in [2.24, 2.45) is 0 Å². The van der Waals surface area contributed by atoms with E-state index in [-0.39, 0.29) is 23.4 Å². The molecule has 12 heteroatoms. The van der Waals surface area contributed by atoms with Gasteiger partial charge in [0.25, 0.3) is 0 Å². The molecule has 2 spiro atoms. The summed E-state index contributed by atoms with van der Waals surface area (Å²) in [5.41, 5.74) is 7.92. The monoisotopic (exact) mass is 776 g/mol. The zero-order valence-electron chi connectivity index (χ0n) is 32.2. The highest BCUT2D eigenvalue weighted by atomic mass is 16.2. The van der Waals surface area contributed by atoms with Crippen LogP contribution in [0, 0.1) is 13.8 Å². The van der Waals surface area contributed by atoms with E-state index in [1.54, 1.807) is 0 Å². The summed E-state index contributed by atoms with van der Waals surface area (Å²) in [6.07, 6.45) is 2.01. The second kappa shape index (κ2) is 11.6. The van der Waals surface area contributed by atoms with Gasteiger partial charge < -0.3 is 20.4 Å². The van der Waals surface area contributed by atoms with Crippen LogP contribution in [-0.2, 0) is 20.4 Å². The fraction of sp³-hybridized carbons (Fsp3) is 0.191. The maximum atomic E-state index is 15.3. The fourth-order valence-electron chi connectivity index (χ4n) is 11.0. The molecule has 6 aliphatic rings. The number of hydrogen-bond donors (Lipinski definition) is 4. The molecule has 12 nitrogen and oxygen atoms in total. The van der Waals surface area contributed by atoms with E-state index in [4.69, 9.17) is 0 Å². The van der Waals surface area contributed by atoms with Gasteiger partial charge in [-0.25, -0.2) is 0 Å². The number of unbranched alkanes of at least 4 members (excludes halogenated alkanes) is 2. The van der Waals surface area contributed by atoms with Crippen LogP contribution in [-0.4, -0.2) is 56.9 Å². The molecule has 2 aromatic heterocycles. The molecule has 0 radical (unpaired) electrons. The van der Waals surface area contributed by atoms with Crippen molar-refractivity contribution < 1.29 is 19.2 Å². The molecule has 2 unspecified atom stereocenters. The molecule has 2 amide bonds. The van der Waals surface area contributed by atoms with Crippen molar-refractivity contribution in [3.05, 3.63) is 164 Å². The molecule has 4 N–H and O–H groups in total. The van der Waals surface area contributed by atoms with Crippen molar-refractivity contribution in [3.8, 4) is 0 Å². The number of ketones is 2. The van der Waals surface area contributed by atoms with E-state index in [9.17, 15) is 9.59 Å². The van der Waals surface area contributed by atoms with Gasteiger partial charge in [0.15, 0.2) is 23.2 Å². The van der Waals surface area contributed by atoms with Gasteiger partial charge in [0.2, 0.25) is 11.8 Å². The number of fused-ring (bicyclic) bond motifs is 14. The number of hydrogen-bond acceptors (Lipinski definition) is 8. The summed E-state index contributed by atoms with van der Waals surface area (Å²) in [5, 5.41) is 22.1. The Labute approximate surface area is 338 Å². The zero-order chi connectivity index (χ0) is 39.9. The minimum Gasteiger partial charge on any atom is -0.338 e. The van der Waals surface area contributed by atoms with Crippen LogP contribution in [0.2, 0.25) is 0 Å². The molecule has 6 heterocycles. The first-order valence-electron chi connectivity index (χ1n) is 20.0. The Morgan fingerprint density at radius 2 is 0.898 bits per heavy atom. The van der Waals surface area contributed by atoms with E-state index in [2.05, 4.69) is 31.0 Å². The summed E-state index contributed by atoms with van der Waals surface area (Å²) in [5.74, 6) is 0.418. The molecule has 0 saturated carbocycles. The van der Waals surface area contributed by atoms with Gasteiger partial charge in [-0.2, -0.15) is 10.2 Å². The summed E-state index contributed by atoms with van der Waals surface area (Å²) < 4.78 is 0. The van der Waals surface area contributed by atoms with Gasteiger partial charge in [0.05, 0.1) is 11.4 Å². The normalized spacial score (nSPS) is 21.4. The lowest BCUT2D eigenvalue weighted by atomic mass is 9.67. The predicted molar refractivity (Wildman–Crippen MR) is 222 cm³/mol. The summed E-state index contributed by atoms with van der Waals surface area (Å²) in [7, 11) is 0. The molecule has 0 fully saturated rings. The van der Waals surface area contributed by atoms with Crippen LogP contribution in [0.3, 0.4) is 0 Å². The average Bonchev–Trinajstić information content (AvgIpc) is 4.07. The number of Topliss-reactive ketones (excluding diaryl/α,β-unsaturated/α-hetero) is 2. The summed E-state index contributed by atoms with van der Waals surface area (Å²) in [4.78, 5) is 63.0. The highest BCUT2D eigenvalue weighted by Gasteiger charge is 2.64. The number of carbonyl (C=O) groups excluding carboxylic acids is 4. The quantitative estimate of drug-likeness (QED) is 0.133. The summed E-state index contributed by atoms with van der Waals surface area (Å²) in [6.45, 7) is 4.62. The maximum Gasteiger partial charge on any atom is 0.247 e. The molecule has 12 rings (SSSR count). The number of anilines is 4. The highest BCUT2D eigenvalue weighted by Crippen LogP contribution is 2.61. The lowest BCUT2D eigenvalue weighted by Gasteiger charge is -2.35. The summed E-state index contributed by atoms with van der Waals surface area (Å²) in [6, 6.07) is 30.5. The van der Waals surface area contributed by atoms with Crippen molar-refractivity contribution in [1.29, 1.82) is 0 Å². The van der Waals surface area contributed by atoms with Crippen molar-refractivity contribution >= 4 is 57.8 Å². The van der Waals surface area contributed by atoms with Gasteiger partial charge in [0, 0.05) is 91.5 Å². The molecule has 2 aliphatic carbocycles. The van der Waals surface area contributed by atoms with E-state index in [0.29, 0.717) is 88.8 Å². The number of nitrogens with one attached hydrogen (secondary N) is 4. The molecule has 288 valence electrons. The standard InChI is InChI=1S/C47H36N8O4/c1-24-34-42(52-50-24)48-38-26-14-4-6-16-28(26)40(56)36(38)46(34)30-18-8-10-20-32(30)54(44(46)58)22-12-3-13-23-55-33-21-11-9-19-31(33)47(45(55)59)35-25(2)51-53-43(35)49-39-27-15-5-7-17-29(27)41(57)37(39)47/h4-11,14-21H,3,12-13,22-23H2,1-2H3,(H2,48,50,52)(H2,49,51,53). The molecule has 0 bridgehead atoms. The van der Waals surface area contributed by atoms with Gasteiger partial charge in [-0.3, -0.25) is 29.4 Å².